The summed E-state index contributed by atoms with van der Waals surface area (Å²) in [5.74, 6) is 0. The van der Waals surface area contributed by atoms with E-state index in [9.17, 15) is 0 Å². The molecule has 3 aromatic rings. The third kappa shape index (κ3) is 2.01. The van der Waals surface area contributed by atoms with Crippen molar-refractivity contribution in [3.63, 3.8) is 0 Å². The number of quaternary nitrogens is 1. The van der Waals surface area contributed by atoms with E-state index in [4.69, 9.17) is 0 Å². The molecular formula is C20H20BrN. The van der Waals surface area contributed by atoms with Crippen LogP contribution in [-0.4, -0.2) is 17.6 Å². The van der Waals surface area contributed by atoms with Gasteiger partial charge in [-0.3, -0.25) is 0 Å². The Kier molecular flexibility index (Phi) is 3.28. The molecular weight excluding hydrogens is 334 g/mol. The van der Waals surface area contributed by atoms with Crippen LogP contribution in [0.4, 0.5) is 0 Å². The predicted octanol–water partition coefficient (Wildman–Crippen LogP) is 1.62. The van der Waals surface area contributed by atoms with Crippen LogP contribution in [0.5, 0.6) is 0 Å². The summed E-state index contributed by atoms with van der Waals surface area (Å²) in [7, 11) is 0. The maximum Gasteiger partial charge on any atom is 0.105 e. The molecule has 1 nitrogen and oxygen atoms in total. The van der Waals surface area contributed by atoms with Gasteiger partial charge in [-0.2, -0.15) is 0 Å². The van der Waals surface area contributed by atoms with Crippen molar-refractivity contribution in [2.75, 3.05) is 13.1 Å². The second-order valence-electron chi connectivity index (χ2n) is 6.94. The van der Waals surface area contributed by atoms with Crippen molar-refractivity contribution in [2.45, 2.75) is 25.9 Å². The van der Waals surface area contributed by atoms with E-state index in [1.807, 2.05) is 0 Å². The van der Waals surface area contributed by atoms with Gasteiger partial charge in [0.1, 0.15) is 13.1 Å². The molecule has 2 heteroatoms. The summed E-state index contributed by atoms with van der Waals surface area (Å²) < 4.78 is 1.32. The number of fused-ring (bicyclic) bond motifs is 4. The van der Waals surface area contributed by atoms with Crippen LogP contribution in [0.2, 0.25) is 0 Å². The van der Waals surface area contributed by atoms with Gasteiger partial charge in [-0.05, 0) is 33.7 Å². The van der Waals surface area contributed by atoms with Crippen LogP contribution in [0.3, 0.4) is 0 Å². The standard InChI is InChI=1S/C20H20N.BrH/c1-2-6-19-15(5-1)7-8-16-11-17-13-21(9-3-4-10-21)14-18(17)12-20(16)19;/h1-2,5-8,11-12H,3-4,9-10,13-14H2;1H/q+1;/p-1. The first kappa shape index (κ1) is 14.2. The van der Waals surface area contributed by atoms with Crippen LogP contribution in [-0.2, 0) is 13.1 Å². The molecule has 2 aliphatic heterocycles. The highest BCUT2D eigenvalue weighted by Crippen LogP contribution is 2.38. The molecule has 0 atom stereocenters. The Labute approximate surface area is 141 Å². The molecule has 1 saturated heterocycles. The first-order valence-corrected chi connectivity index (χ1v) is 8.11. The molecule has 2 heterocycles. The van der Waals surface area contributed by atoms with Gasteiger partial charge in [0.05, 0.1) is 13.1 Å². The zero-order valence-corrected chi connectivity index (χ0v) is 14.3. The van der Waals surface area contributed by atoms with E-state index >= 15 is 0 Å². The molecule has 22 heavy (non-hydrogen) atoms. The van der Waals surface area contributed by atoms with E-state index in [-0.39, 0.29) is 17.0 Å². The summed E-state index contributed by atoms with van der Waals surface area (Å²) in [5, 5.41) is 5.60. The van der Waals surface area contributed by atoms with E-state index in [2.05, 4.69) is 48.5 Å². The number of hydrogen-bond donors (Lipinski definition) is 0. The van der Waals surface area contributed by atoms with Crippen molar-refractivity contribution in [1.82, 2.24) is 0 Å². The molecule has 0 radical (unpaired) electrons. The van der Waals surface area contributed by atoms with Gasteiger partial charge in [0.15, 0.2) is 0 Å². The van der Waals surface area contributed by atoms with Crippen LogP contribution in [0, 0.1) is 0 Å². The molecule has 0 saturated carbocycles. The zero-order valence-electron chi connectivity index (χ0n) is 12.7. The van der Waals surface area contributed by atoms with E-state index < -0.39 is 0 Å². The van der Waals surface area contributed by atoms with Crippen LogP contribution < -0.4 is 17.0 Å². The second kappa shape index (κ2) is 5.07. The lowest BCUT2D eigenvalue weighted by Crippen LogP contribution is -3.00. The van der Waals surface area contributed by atoms with Gasteiger partial charge in [-0.15, -0.1) is 0 Å². The molecule has 1 fully saturated rings. The largest absolute Gasteiger partial charge is 1.00 e. The number of halogens is 1. The highest BCUT2D eigenvalue weighted by atomic mass is 79.9. The molecule has 0 bridgehead atoms. The first-order chi connectivity index (χ1) is 10.3. The van der Waals surface area contributed by atoms with Gasteiger partial charge in [0.2, 0.25) is 0 Å². The monoisotopic (exact) mass is 353 g/mol. The minimum Gasteiger partial charge on any atom is -1.00 e. The highest BCUT2D eigenvalue weighted by molar-refractivity contribution is 6.07. The lowest BCUT2D eigenvalue weighted by molar-refractivity contribution is -0.936. The fraction of sp³-hybridized carbons (Fsp3) is 0.300. The van der Waals surface area contributed by atoms with Crippen LogP contribution in [0.25, 0.3) is 21.5 Å². The van der Waals surface area contributed by atoms with E-state index in [1.165, 1.54) is 65.0 Å². The molecule has 5 rings (SSSR count). The Balaban J connectivity index is 0.00000125. The number of rotatable bonds is 0. The molecule has 2 aliphatic rings. The molecule has 0 aliphatic carbocycles. The van der Waals surface area contributed by atoms with Gasteiger partial charge in [-0.25, -0.2) is 0 Å². The van der Waals surface area contributed by atoms with Gasteiger partial charge < -0.3 is 21.5 Å². The van der Waals surface area contributed by atoms with E-state index in [1.54, 1.807) is 11.1 Å². The van der Waals surface area contributed by atoms with Crippen LogP contribution in [0.15, 0.2) is 48.5 Å². The van der Waals surface area contributed by atoms with Gasteiger partial charge in [-0.1, -0.05) is 36.4 Å². The van der Waals surface area contributed by atoms with Gasteiger partial charge >= 0.3 is 0 Å². The molecule has 3 aromatic carbocycles. The Hall–Kier alpha value is -1.38. The normalized spacial score (nSPS) is 18.7. The second-order valence-corrected chi connectivity index (χ2v) is 6.94. The lowest BCUT2D eigenvalue weighted by Gasteiger charge is -2.28. The molecule has 0 aromatic heterocycles. The Morgan fingerprint density at radius 1 is 0.682 bits per heavy atom. The SMILES string of the molecule is [Br-].c1ccc2c(c1)ccc1cc3c(cc12)C[N+]1(CCCC1)C3. The fourth-order valence-corrected chi connectivity index (χ4v) is 4.54. The highest BCUT2D eigenvalue weighted by Gasteiger charge is 2.38. The van der Waals surface area contributed by atoms with Crippen molar-refractivity contribution < 1.29 is 21.5 Å². The zero-order chi connectivity index (χ0) is 13.9. The maximum absolute atomic E-state index is 2.48. The third-order valence-electron chi connectivity index (χ3n) is 5.59. The van der Waals surface area contributed by atoms with Crippen molar-refractivity contribution in [1.29, 1.82) is 0 Å². The lowest BCUT2D eigenvalue weighted by atomic mass is 9.98. The Morgan fingerprint density at radius 2 is 1.36 bits per heavy atom. The Morgan fingerprint density at radius 3 is 2.18 bits per heavy atom. The summed E-state index contributed by atoms with van der Waals surface area (Å²) in [4.78, 5) is 0. The third-order valence-corrected chi connectivity index (χ3v) is 5.59. The maximum atomic E-state index is 2.48. The summed E-state index contributed by atoms with van der Waals surface area (Å²) in [6, 6.07) is 18.3. The van der Waals surface area contributed by atoms with Crippen molar-refractivity contribution in [3.05, 3.63) is 59.7 Å². The summed E-state index contributed by atoms with van der Waals surface area (Å²) in [6.45, 7) is 5.28. The fourth-order valence-electron chi connectivity index (χ4n) is 4.54. The summed E-state index contributed by atoms with van der Waals surface area (Å²) in [5.41, 5.74) is 3.19. The first-order valence-electron chi connectivity index (χ1n) is 8.11. The van der Waals surface area contributed by atoms with E-state index in [0.29, 0.717) is 0 Å². The molecule has 0 N–H and O–H groups in total. The topological polar surface area (TPSA) is 0 Å². The molecule has 1 spiro atoms. The minimum atomic E-state index is 0. The minimum absolute atomic E-state index is 0. The van der Waals surface area contributed by atoms with Crippen LogP contribution in [0.1, 0.15) is 24.0 Å². The average Bonchev–Trinajstić information content (AvgIpc) is 3.11. The summed E-state index contributed by atoms with van der Waals surface area (Å²) >= 11 is 0. The van der Waals surface area contributed by atoms with E-state index in [0.717, 1.165) is 0 Å². The van der Waals surface area contributed by atoms with Crippen LogP contribution >= 0.6 is 0 Å². The molecule has 0 amide bonds. The smallest absolute Gasteiger partial charge is 0.105 e. The van der Waals surface area contributed by atoms with Crippen molar-refractivity contribution in [3.8, 4) is 0 Å². The number of hydrogen-bond acceptors (Lipinski definition) is 0. The quantitative estimate of drug-likeness (QED) is 0.425. The summed E-state index contributed by atoms with van der Waals surface area (Å²) in [6.07, 6.45) is 2.83. The number of benzene rings is 3. The predicted molar refractivity (Wildman–Crippen MR) is 88.1 cm³/mol. The molecule has 112 valence electrons. The number of nitrogens with zero attached hydrogens (tertiary/aromatic N) is 1. The average molecular weight is 354 g/mol. The molecule has 0 unspecified atom stereocenters. The van der Waals surface area contributed by atoms with Crippen molar-refractivity contribution in [2.24, 2.45) is 0 Å². The Bertz CT molecular complexity index is 862. The van der Waals surface area contributed by atoms with Gasteiger partial charge in [0, 0.05) is 24.0 Å². The van der Waals surface area contributed by atoms with Crippen molar-refractivity contribution >= 4 is 21.5 Å². The van der Waals surface area contributed by atoms with Gasteiger partial charge in [0.25, 0.3) is 0 Å².